The highest BCUT2D eigenvalue weighted by molar-refractivity contribution is 9.10. The Bertz CT molecular complexity index is 267. The molecule has 1 aromatic carbocycles. The first kappa shape index (κ1) is 9.81. The summed E-state index contributed by atoms with van der Waals surface area (Å²) < 4.78 is 13.8. The lowest BCUT2D eigenvalue weighted by atomic mass is 10.3. The summed E-state index contributed by atoms with van der Waals surface area (Å²) in [5, 5.41) is 2.87. The molecule has 1 rings (SSSR count). The fourth-order valence-electron chi connectivity index (χ4n) is 0.815. The Morgan fingerprint density at radius 3 is 2.92 bits per heavy atom. The third-order valence-corrected chi connectivity index (χ3v) is 2.02. The van der Waals surface area contributed by atoms with Crippen LogP contribution < -0.4 is 5.32 Å². The van der Waals surface area contributed by atoms with E-state index in [1.54, 1.807) is 12.1 Å². The normalized spacial score (nSPS) is 9.92. The van der Waals surface area contributed by atoms with Crippen LogP contribution in [0.3, 0.4) is 0 Å². The SMILES string of the molecule is Fc1ccc(Br)cc1NCCCl. The van der Waals surface area contributed by atoms with Crippen LogP contribution in [0.15, 0.2) is 22.7 Å². The molecule has 4 heteroatoms. The molecule has 0 atom stereocenters. The number of benzene rings is 1. The van der Waals surface area contributed by atoms with Crippen LogP contribution in [0.2, 0.25) is 0 Å². The van der Waals surface area contributed by atoms with Crippen LogP contribution >= 0.6 is 27.5 Å². The molecule has 0 radical (unpaired) electrons. The zero-order chi connectivity index (χ0) is 8.97. The van der Waals surface area contributed by atoms with Gasteiger partial charge in [0.1, 0.15) is 5.82 Å². The van der Waals surface area contributed by atoms with Crippen molar-refractivity contribution in [3.05, 3.63) is 28.5 Å². The minimum Gasteiger partial charge on any atom is -0.381 e. The number of anilines is 1. The first-order chi connectivity index (χ1) is 5.74. The largest absolute Gasteiger partial charge is 0.381 e. The zero-order valence-corrected chi connectivity index (χ0v) is 8.62. The molecule has 0 saturated heterocycles. The Balaban J connectivity index is 2.75. The van der Waals surface area contributed by atoms with Crippen LogP contribution in [-0.4, -0.2) is 12.4 Å². The van der Waals surface area contributed by atoms with Crippen LogP contribution in [0.1, 0.15) is 0 Å². The van der Waals surface area contributed by atoms with Gasteiger partial charge in [0.05, 0.1) is 5.69 Å². The molecule has 1 nitrogen and oxygen atoms in total. The molecule has 0 aliphatic carbocycles. The molecule has 0 saturated carbocycles. The molecule has 12 heavy (non-hydrogen) atoms. The van der Waals surface area contributed by atoms with Crippen molar-refractivity contribution in [3.8, 4) is 0 Å². The average Bonchev–Trinajstić information content (AvgIpc) is 2.07. The maximum Gasteiger partial charge on any atom is 0.146 e. The Morgan fingerprint density at radius 2 is 2.25 bits per heavy atom. The van der Waals surface area contributed by atoms with E-state index in [9.17, 15) is 4.39 Å². The molecule has 0 unspecified atom stereocenters. The number of halogens is 3. The summed E-state index contributed by atoms with van der Waals surface area (Å²) in [6.45, 7) is 0.564. The fraction of sp³-hybridized carbons (Fsp3) is 0.250. The minimum absolute atomic E-state index is 0.261. The van der Waals surface area contributed by atoms with E-state index in [1.807, 2.05) is 0 Å². The van der Waals surface area contributed by atoms with Gasteiger partial charge in [0.25, 0.3) is 0 Å². The molecule has 1 aromatic rings. The Kier molecular flexibility index (Phi) is 3.82. The van der Waals surface area contributed by atoms with E-state index in [0.717, 1.165) is 4.47 Å². The molecule has 0 amide bonds. The lowest BCUT2D eigenvalue weighted by Gasteiger charge is -2.05. The molecular formula is C8H8BrClFN. The van der Waals surface area contributed by atoms with Crippen LogP contribution in [0, 0.1) is 5.82 Å². The predicted molar refractivity (Wildman–Crippen MR) is 53.3 cm³/mol. The van der Waals surface area contributed by atoms with Gasteiger partial charge < -0.3 is 5.32 Å². The second kappa shape index (κ2) is 4.67. The fourth-order valence-corrected chi connectivity index (χ4v) is 1.27. The summed E-state index contributed by atoms with van der Waals surface area (Å²) >= 11 is 8.70. The van der Waals surface area contributed by atoms with Gasteiger partial charge in [-0.2, -0.15) is 0 Å². The standard InChI is InChI=1S/C8H8BrClFN/c9-6-1-2-7(11)8(5-6)12-4-3-10/h1-2,5,12H,3-4H2. The smallest absolute Gasteiger partial charge is 0.146 e. The van der Waals surface area contributed by atoms with Gasteiger partial charge in [0, 0.05) is 16.9 Å². The Hall–Kier alpha value is -0.280. The maximum absolute atomic E-state index is 13.0. The van der Waals surface area contributed by atoms with E-state index in [4.69, 9.17) is 11.6 Å². The highest BCUT2D eigenvalue weighted by Gasteiger charge is 2.00. The third kappa shape index (κ3) is 2.64. The third-order valence-electron chi connectivity index (χ3n) is 1.34. The second-order valence-corrected chi connectivity index (χ2v) is 3.53. The van der Waals surface area contributed by atoms with Crippen molar-refractivity contribution < 1.29 is 4.39 Å². The van der Waals surface area contributed by atoms with Gasteiger partial charge in [-0.3, -0.25) is 0 Å². The van der Waals surface area contributed by atoms with Crippen LogP contribution in [0.5, 0.6) is 0 Å². The van der Waals surface area contributed by atoms with E-state index in [-0.39, 0.29) is 5.82 Å². The maximum atomic E-state index is 13.0. The van der Waals surface area contributed by atoms with Crippen molar-refractivity contribution in [3.63, 3.8) is 0 Å². The summed E-state index contributed by atoms with van der Waals surface area (Å²) in [4.78, 5) is 0. The van der Waals surface area contributed by atoms with E-state index < -0.39 is 0 Å². The second-order valence-electron chi connectivity index (χ2n) is 2.24. The summed E-state index contributed by atoms with van der Waals surface area (Å²) in [6.07, 6.45) is 0. The van der Waals surface area contributed by atoms with Gasteiger partial charge in [-0.05, 0) is 18.2 Å². The Labute approximate surface area is 84.0 Å². The molecule has 1 N–H and O–H groups in total. The lowest BCUT2D eigenvalue weighted by Crippen LogP contribution is -2.03. The molecule has 0 fully saturated rings. The summed E-state index contributed by atoms with van der Waals surface area (Å²) in [5.41, 5.74) is 0.477. The minimum atomic E-state index is -0.261. The number of rotatable bonds is 3. The number of hydrogen-bond acceptors (Lipinski definition) is 1. The van der Waals surface area contributed by atoms with Crippen molar-refractivity contribution in [2.24, 2.45) is 0 Å². The molecular weight excluding hydrogens is 244 g/mol. The summed E-state index contributed by atoms with van der Waals surface area (Å²) in [6, 6.07) is 4.74. The molecule has 0 bridgehead atoms. The van der Waals surface area contributed by atoms with E-state index in [2.05, 4.69) is 21.2 Å². The van der Waals surface area contributed by atoms with Gasteiger partial charge in [-0.15, -0.1) is 11.6 Å². The van der Waals surface area contributed by atoms with Gasteiger partial charge in [-0.25, -0.2) is 4.39 Å². The molecule has 66 valence electrons. The lowest BCUT2D eigenvalue weighted by molar-refractivity contribution is 0.630. The highest BCUT2D eigenvalue weighted by Crippen LogP contribution is 2.19. The van der Waals surface area contributed by atoms with Crippen molar-refractivity contribution in [2.75, 3.05) is 17.7 Å². The predicted octanol–water partition coefficient (Wildman–Crippen LogP) is 3.24. The van der Waals surface area contributed by atoms with Gasteiger partial charge in [-0.1, -0.05) is 15.9 Å². The van der Waals surface area contributed by atoms with Gasteiger partial charge in [0.15, 0.2) is 0 Å². The van der Waals surface area contributed by atoms with Crippen molar-refractivity contribution in [1.82, 2.24) is 0 Å². The topological polar surface area (TPSA) is 12.0 Å². The number of alkyl halides is 1. The first-order valence-electron chi connectivity index (χ1n) is 3.49. The summed E-state index contributed by atoms with van der Waals surface area (Å²) in [7, 11) is 0. The van der Waals surface area contributed by atoms with Gasteiger partial charge >= 0.3 is 0 Å². The molecule has 0 heterocycles. The number of hydrogen-bond donors (Lipinski definition) is 1. The van der Waals surface area contributed by atoms with Crippen LogP contribution in [0.25, 0.3) is 0 Å². The van der Waals surface area contributed by atoms with Crippen molar-refractivity contribution in [2.45, 2.75) is 0 Å². The van der Waals surface area contributed by atoms with E-state index in [0.29, 0.717) is 18.1 Å². The molecule has 0 spiro atoms. The van der Waals surface area contributed by atoms with E-state index in [1.165, 1.54) is 6.07 Å². The summed E-state index contributed by atoms with van der Waals surface area (Å²) in [5.74, 6) is 0.203. The molecule has 0 aliphatic heterocycles. The molecule has 0 aromatic heterocycles. The number of nitrogens with one attached hydrogen (secondary N) is 1. The first-order valence-corrected chi connectivity index (χ1v) is 4.81. The van der Waals surface area contributed by atoms with E-state index >= 15 is 0 Å². The highest BCUT2D eigenvalue weighted by atomic mass is 79.9. The monoisotopic (exact) mass is 251 g/mol. The van der Waals surface area contributed by atoms with Crippen molar-refractivity contribution >= 4 is 33.2 Å². The zero-order valence-electron chi connectivity index (χ0n) is 6.28. The van der Waals surface area contributed by atoms with Gasteiger partial charge in [0.2, 0.25) is 0 Å². The van der Waals surface area contributed by atoms with Crippen molar-refractivity contribution in [1.29, 1.82) is 0 Å². The van der Waals surface area contributed by atoms with Crippen LogP contribution in [0.4, 0.5) is 10.1 Å². The quantitative estimate of drug-likeness (QED) is 0.815. The molecule has 0 aliphatic rings. The Morgan fingerprint density at radius 1 is 1.50 bits per heavy atom. The van der Waals surface area contributed by atoms with Crippen LogP contribution in [-0.2, 0) is 0 Å². The average molecular weight is 253 g/mol.